The minimum atomic E-state index is -0.424. The van der Waals surface area contributed by atoms with E-state index in [0.29, 0.717) is 5.69 Å². The van der Waals surface area contributed by atoms with Gasteiger partial charge in [0.25, 0.3) is 5.91 Å². The fourth-order valence-electron chi connectivity index (χ4n) is 5.41. The number of halogens is 1. The summed E-state index contributed by atoms with van der Waals surface area (Å²) in [7, 11) is 0. The van der Waals surface area contributed by atoms with Crippen molar-refractivity contribution in [1.82, 2.24) is 10.0 Å². The van der Waals surface area contributed by atoms with E-state index in [1.165, 1.54) is 4.90 Å². The zero-order chi connectivity index (χ0) is 20.4. The van der Waals surface area contributed by atoms with Crippen molar-refractivity contribution >= 4 is 44.2 Å². The summed E-state index contributed by atoms with van der Waals surface area (Å²) in [5, 5.41) is 6.34. The average Bonchev–Trinajstić information content (AvgIpc) is 3.41. The molecule has 30 heavy (non-hydrogen) atoms. The molecule has 3 aromatic carbocycles. The minimum absolute atomic E-state index is 0.0938. The Morgan fingerprint density at radius 3 is 2.27 bits per heavy atom. The highest BCUT2D eigenvalue weighted by Crippen LogP contribution is 2.49. The molecule has 3 saturated heterocycles. The quantitative estimate of drug-likeness (QED) is 0.538. The Labute approximate surface area is 183 Å². The van der Waals surface area contributed by atoms with E-state index in [0.717, 1.165) is 40.3 Å². The van der Waals surface area contributed by atoms with E-state index >= 15 is 0 Å². The lowest BCUT2D eigenvalue weighted by molar-refractivity contribution is -0.126. The summed E-state index contributed by atoms with van der Waals surface area (Å²) in [6, 6.07) is 21.3. The van der Waals surface area contributed by atoms with Crippen LogP contribution in [-0.4, -0.2) is 41.0 Å². The molecule has 0 aromatic heterocycles. The van der Waals surface area contributed by atoms with Crippen molar-refractivity contribution < 1.29 is 9.59 Å². The van der Waals surface area contributed by atoms with Gasteiger partial charge in [-0.25, -0.2) is 14.9 Å². The maximum Gasteiger partial charge on any atom is 0.253 e. The molecule has 3 aliphatic rings. The third-order valence-corrected chi connectivity index (χ3v) is 7.15. The summed E-state index contributed by atoms with van der Waals surface area (Å²) >= 11 is 3.50. The Kier molecular flexibility index (Phi) is 4.10. The highest BCUT2D eigenvalue weighted by Gasteiger charge is 2.62. The van der Waals surface area contributed by atoms with Crippen LogP contribution in [0.5, 0.6) is 0 Å². The molecule has 6 rings (SSSR count). The first-order valence-electron chi connectivity index (χ1n) is 10.3. The van der Waals surface area contributed by atoms with Crippen molar-refractivity contribution in [1.29, 1.82) is 0 Å². The van der Waals surface area contributed by atoms with Gasteiger partial charge in [-0.2, -0.15) is 0 Å². The van der Waals surface area contributed by atoms with E-state index in [4.69, 9.17) is 0 Å². The smallest absolute Gasteiger partial charge is 0.253 e. The van der Waals surface area contributed by atoms with Crippen LogP contribution in [0.15, 0.2) is 71.2 Å². The van der Waals surface area contributed by atoms with Gasteiger partial charge >= 0.3 is 0 Å². The van der Waals surface area contributed by atoms with E-state index in [9.17, 15) is 9.59 Å². The first kappa shape index (κ1) is 18.2. The predicted octanol–water partition coefficient (Wildman–Crippen LogP) is 4.14. The SMILES string of the molecule is O=C1[C@H]2[C@@H](c3ccc(Br)cc3)N3CCCN3[C@H]2C(=O)N1c1cccc2ccccc12. The van der Waals surface area contributed by atoms with Crippen LogP contribution in [0.3, 0.4) is 0 Å². The molecule has 0 unspecified atom stereocenters. The molecule has 0 N–H and O–H groups in total. The number of rotatable bonds is 2. The maximum absolute atomic E-state index is 13.8. The second kappa shape index (κ2) is 6.74. The molecule has 150 valence electrons. The van der Waals surface area contributed by atoms with Gasteiger partial charge in [0.2, 0.25) is 5.91 Å². The molecule has 5 nitrogen and oxygen atoms in total. The Morgan fingerprint density at radius 2 is 1.47 bits per heavy atom. The lowest BCUT2D eigenvalue weighted by Crippen LogP contribution is -2.44. The summed E-state index contributed by atoms with van der Waals surface area (Å²) in [5.41, 5.74) is 1.77. The van der Waals surface area contributed by atoms with Crippen molar-refractivity contribution in [2.75, 3.05) is 18.0 Å². The van der Waals surface area contributed by atoms with Crippen LogP contribution in [0.1, 0.15) is 18.0 Å². The number of anilines is 1. The Morgan fingerprint density at radius 1 is 0.767 bits per heavy atom. The van der Waals surface area contributed by atoms with E-state index < -0.39 is 12.0 Å². The third kappa shape index (κ3) is 2.47. The van der Waals surface area contributed by atoms with Crippen LogP contribution in [-0.2, 0) is 9.59 Å². The summed E-state index contributed by atoms with van der Waals surface area (Å²) in [4.78, 5) is 28.9. The highest BCUT2D eigenvalue weighted by atomic mass is 79.9. The van der Waals surface area contributed by atoms with Crippen molar-refractivity contribution in [3.63, 3.8) is 0 Å². The van der Waals surface area contributed by atoms with Gasteiger partial charge in [0.05, 0.1) is 17.6 Å². The van der Waals surface area contributed by atoms with Gasteiger partial charge in [0, 0.05) is 22.9 Å². The van der Waals surface area contributed by atoms with Gasteiger partial charge in [-0.1, -0.05) is 64.5 Å². The number of amides is 2. The molecular formula is C24H20BrN3O2. The minimum Gasteiger partial charge on any atom is -0.274 e. The molecule has 3 aliphatic heterocycles. The van der Waals surface area contributed by atoms with E-state index in [-0.39, 0.29) is 17.9 Å². The molecule has 0 aliphatic carbocycles. The monoisotopic (exact) mass is 461 g/mol. The van der Waals surface area contributed by atoms with Gasteiger partial charge in [0.15, 0.2) is 0 Å². The summed E-state index contributed by atoms with van der Waals surface area (Å²) in [5.74, 6) is -0.588. The number of nitrogens with zero attached hydrogens (tertiary/aromatic N) is 3. The molecule has 0 bridgehead atoms. The van der Waals surface area contributed by atoms with Crippen LogP contribution in [0.4, 0.5) is 5.69 Å². The molecule has 0 saturated carbocycles. The zero-order valence-electron chi connectivity index (χ0n) is 16.2. The molecule has 3 atom stereocenters. The first-order valence-corrected chi connectivity index (χ1v) is 11.1. The topological polar surface area (TPSA) is 43.9 Å². The molecule has 0 radical (unpaired) electrons. The molecule has 0 spiro atoms. The van der Waals surface area contributed by atoms with Gasteiger partial charge in [-0.05, 0) is 35.6 Å². The Bertz CT molecular complexity index is 1170. The fourth-order valence-corrected chi connectivity index (χ4v) is 5.68. The van der Waals surface area contributed by atoms with Crippen molar-refractivity contribution in [2.45, 2.75) is 18.5 Å². The average molecular weight is 462 g/mol. The molecule has 3 aromatic rings. The van der Waals surface area contributed by atoms with Crippen LogP contribution in [0.25, 0.3) is 10.8 Å². The van der Waals surface area contributed by atoms with Crippen LogP contribution in [0, 0.1) is 5.92 Å². The van der Waals surface area contributed by atoms with Crippen LogP contribution in [0.2, 0.25) is 0 Å². The number of hydrogen-bond donors (Lipinski definition) is 0. The van der Waals surface area contributed by atoms with Crippen molar-refractivity contribution in [3.8, 4) is 0 Å². The second-order valence-electron chi connectivity index (χ2n) is 8.16. The second-order valence-corrected chi connectivity index (χ2v) is 9.07. The molecule has 6 heteroatoms. The van der Waals surface area contributed by atoms with Gasteiger partial charge in [-0.15, -0.1) is 0 Å². The predicted molar refractivity (Wildman–Crippen MR) is 119 cm³/mol. The van der Waals surface area contributed by atoms with Gasteiger partial charge in [0.1, 0.15) is 6.04 Å². The van der Waals surface area contributed by atoms with Gasteiger partial charge in [-0.3, -0.25) is 9.59 Å². The molecule has 3 fully saturated rings. The number of hydrazine groups is 1. The number of carbonyl (C=O) groups excluding carboxylic acids is 2. The summed E-state index contributed by atoms with van der Waals surface area (Å²) in [6.45, 7) is 1.69. The standard InChI is InChI=1S/C24H20BrN3O2/c25-17-11-9-16(10-12-17)21-20-22(27-14-4-13-26(21)27)24(30)28(23(20)29)19-8-3-6-15-5-1-2-7-18(15)19/h1-3,5-12,20-22H,4,13-14H2/t20-,21+,22+/m0/s1. The number of carbonyl (C=O) groups is 2. The fraction of sp³-hybridized carbons (Fsp3) is 0.250. The first-order chi connectivity index (χ1) is 14.6. The third-order valence-electron chi connectivity index (χ3n) is 6.62. The van der Waals surface area contributed by atoms with Crippen LogP contribution < -0.4 is 4.90 Å². The van der Waals surface area contributed by atoms with E-state index in [1.54, 1.807) is 0 Å². The van der Waals surface area contributed by atoms with Crippen LogP contribution >= 0.6 is 15.9 Å². The number of fused-ring (bicyclic) bond motifs is 4. The highest BCUT2D eigenvalue weighted by molar-refractivity contribution is 9.10. The van der Waals surface area contributed by atoms with E-state index in [2.05, 4.69) is 38.1 Å². The molecule has 2 amide bonds. The summed E-state index contributed by atoms with van der Waals surface area (Å²) < 4.78 is 1.00. The number of imide groups is 1. The van der Waals surface area contributed by atoms with E-state index in [1.807, 2.05) is 54.6 Å². The molecule has 3 heterocycles. The Balaban J connectivity index is 1.48. The van der Waals surface area contributed by atoms with Crippen molar-refractivity contribution in [3.05, 3.63) is 76.8 Å². The number of hydrogen-bond acceptors (Lipinski definition) is 4. The summed E-state index contributed by atoms with van der Waals surface area (Å²) in [6.07, 6.45) is 1.01. The maximum atomic E-state index is 13.8. The van der Waals surface area contributed by atoms with Crippen molar-refractivity contribution in [2.24, 2.45) is 5.92 Å². The lowest BCUT2D eigenvalue weighted by Gasteiger charge is -2.30. The zero-order valence-corrected chi connectivity index (χ0v) is 17.8. The lowest BCUT2D eigenvalue weighted by atomic mass is 9.90. The number of benzene rings is 3. The molecular weight excluding hydrogens is 442 g/mol. The largest absolute Gasteiger partial charge is 0.274 e. The Hall–Kier alpha value is -2.54. The normalized spacial score (nSPS) is 26.6. The van der Waals surface area contributed by atoms with Gasteiger partial charge < -0.3 is 0 Å².